The number of hydrogen-bond donors (Lipinski definition) is 2. The average molecular weight is 415 g/mol. The van der Waals surface area contributed by atoms with Crippen molar-refractivity contribution in [3.8, 4) is 0 Å². The quantitative estimate of drug-likeness (QED) is 0.709. The minimum absolute atomic E-state index is 0.0923. The molecule has 7 heteroatoms. The first-order valence-electron chi connectivity index (χ1n) is 9.90. The van der Waals surface area contributed by atoms with E-state index in [4.69, 9.17) is 0 Å². The topological polar surface area (TPSA) is 84.5 Å². The number of nitrogens with one attached hydrogen (secondary N) is 2. The maximum Gasteiger partial charge on any atom is 0.325 e. The molecule has 154 valence electrons. The fourth-order valence-corrected chi connectivity index (χ4v) is 4.49. The van der Waals surface area contributed by atoms with Gasteiger partial charge in [-0.1, -0.05) is 25.0 Å². The molecule has 1 aliphatic carbocycles. The molecule has 0 bridgehead atoms. The Labute approximate surface area is 174 Å². The van der Waals surface area contributed by atoms with Gasteiger partial charge in [0.25, 0.3) is 5.91 Å². The van der Waals surface area contributed by atoms with Gasteiger partial charge in [-0.25, -0.2) is 0 Å². The van der Waals surface area contributed by atoms with Crippen LogP contribution in [0.4, 0.5) is 5.69 Å². The summed E-state index contributed by atoms with van der Waals surface area (Å²) in [7, 11) is 1.27. The Morgan fingerprint density at radius 1 is 1.03 bits per heavy atom. The Bertz CT molecular complexity index is 848. The van der Waals surface area contributed by atoms with Crippen molar-refractivity contribution in [2.24, 2.45) is 0 Å². The maximum atomic E-state index is 12.6. The molecule has 0 fully saturated rings. The summed E-state index contributed by atoms with van der Waals surface area (Å²) in [6.07, 6.45) is 7.22. The highest BCUT2D eigenvalue weighted by Gasteiger charge is 2.16. The zero-order valence-corrected chi connectivity index (χ0v) is 17.4. The fraction of sp³-hybridized carbons (Fsp3) is 0.409. The van der Waals surface area contributed by atoms with E-state index in [1.54, 1.807) is 35.6 Å². The second-order valence-corrected chi connectivity index (χ2v) is 8.29. The fourth-order valence-electron chi connectivity index (χ4n) is 3.35. The number of carbonyl (C=O) groups excluding carboxylic acids is 3. The molecule has 0 aliphatic heterocycles. The molecular formula is C22H26N2O4S. The van der Waals surface area contributed by atoms with Crippen molar-refractivity contribution in [3.05, 3.63) is 51.2 Å². The van der Waals surface area contributed by atoms with Gasteiger partial charge in [-0.3, -0.25) is 14.4 Å². The highest BCUT2D eigenvalue weighted by atomic mass is 32.1. The molecule has 0 saturated heterocycles. The van der Waals surface area contributed by atoms with E-state index < -0.39 is 5.97 Å². The van der Waals surface area contributed by atoms with Gasteiger partial charge < -0.3 is 15.4 Å². The number of thiophene rings is 1. The number of aryl methyl sites for hydroxylation is 2. The molecule has 0 atom stereocenters. The predicted molar refractivity (Wildman–Crippen MR) is 113 cm³/mol. The lowest BCUT2D eigenvalue weighted by atomic mass is 10.00. The lowest BCUT2D eigenvalue weighted by molar-refractivity contribution is -0.141. The van der Waals surface area contributed by atoms with Gasteiger partial charge >= 0.3 is 5.97 Å². The molecule has 29 heavy (non-hydrogen) atoms. The molecule has 0 spiro atoms. The van der Waals surface area contributed by atoms with Crippen molar-refractivity contribution < 1.29 is 19.1 Å². The van der Waals surface area contributed by atoms with Gasteiger partial charge in [-0.15, -0.1) is 11.3 Å². The number of hydrogen-bond acceptors (Lipinski definition) is 5. The van der Waals surface area contributed by atoms with Gasteiger partial charge in [0, 0.05) is 10.6 Å². The molecule has 0 radical (unpaired) electrons. The Morgan fingerprint density at radius 2 is 1.76 bits per heavy atom. The summed E-state index contributed by atoms with van der Waals surface area (Å²) < 4.78 is 4.49. The van der Waals surface area contributed by atoms with E-state index in [-0.39, 0.29) is 24.8 Å². The van der Waals surface area contributed by atoms with Crippen LogP contribution in [0.25, 0.3) is 0 Å². The van der Waals surface area contributed by atoms with Crippen molar-refractivity contribution in [2.75, 3.05) is 19.0 Å². The van der Waals surface area contributed by atoms with Gasteiger partial charge in [0.1, 0.15) is 6.54 Å². The van der Waals surface area contributed by atoms with E-state index in [0.717, 1.165) is 23.3 Å². The van der Waals surface area contributed by atoms with E-state index in [1.165, 1.54) is 43.2 Å². The largest absolute Gasteiger partial charge is 0.468 e. The van der Waals surface area contributed by atoms with Crippen LogP contribution in [0, 0.1) is 0 Å². The highest BCUT2D eigenvalue weighted by Crippen LogP contribution is 2.29. The third-order valence-electron chi connectivity index (χ3n) is 4.95. The normalized spacial score (nSPS) is 13.6. The van der Waals surface area contributed by atoms with Gasteiger partial charge in [0.15, 0.2) is 0 Å². The summed E-state index contributed by atoms with van der Waals surface area (Å²) in [5, 5.41) is 5.44. The summed E-state index contributed by atoms with van der Waals surface area (Å²) in [5.41, 5.74) is 2.81. The zero-order valence-electron chi connectivity index (χ0n) is 16.6. The van der Waals surface area contributed by atoms with Crippen LogP contribution in [0.15, 0.2) is 30.3 Å². The molecule has 2 aromatic rings. The van der Waals surface area contributed by atoms with Crippen LogP contribution in [0.5, 0.6) is 0 Å². The van der Waals surface area contributed by atoms with E-state index in [0.29, 0.717) is 5.69 Å². The average Bonchev–Trinajstić information content (AvgIpc) is 3.09. The lowest BCUT2D eigenvalue weighted by Gasteiger charge is -2.07. The number of esters is 1. The lowest BCUT2D eigenvalue weighted by Crippen LogP contribution is -2.31. The smallest absolute Gasteiger partial charge is 0.325 e. The van der Waals surface area contributed by atoms with E-state index >= 15 is 0 Å². The van der Waals surface area contributed by atoms with Gasteiger partial charge in [-0.05, 0) is 55.0 Å². The number of fused-ring (bicyclic) bond motifs is 1. The Kier molecular flexibility index (Phi) is 7.41. The first kappa shape index (κ1) is 21.0. The number of carbonyl (C=O) groups is 3. The number of ether oxygens (including phenoxy) is 1. The minimum atomic E-state index is -0.488. The molecule has 2 amide bonds. The van der Waals surface area contributed by atoms with Crippen LogP contribution in [-0.4, -0.2) is 31.4 Å². The molecule has 0 saturated carbocycles. The van der Waals surface area contributed by atoms with Crippen molar-refractivity contribution in [2.45, 2.75) is 44.9 Å². The molecule has 1 aliphatic rings. The third-order valence-corrected chi connectivity index (χ3v) is 6.19. The van der Waals surface area contributed by atoms with Crippen LogP contribution in [0.3, 0.4) is 0 Å². The summed E-state index contributed by atoms with van der Waals surface area (Å²) in [6.45, 7) is -0.145. The van der Waals surface area contributed by atoms with E-state index in [1.807, 2.05) is 6.07 Å². The summed E-state index contributed by atoms with van der Waals surface area (Å²) >= 11 is 1.60. The number of methoxy groups -OCH3 is 1. The number of amides is 2. The Hall–Kier alpha value is -2.67. The second kappa shape index (κ2) is 10.2. The first-order valence-corrected chi connectivity index (χ1v) is 10.7. The van der Waals surface area contributed by atoms with Crippen LogP contribution in [-0.2, 0) is 33.6 Å². The van der Waals surface area contributed by atoms with Gasteiger partial charge in [0.05, 0.1) is 18.4 Å². The second-order valence-electron chi connectivity index (χ2n) is 7.15. The Morgan fingerprint density at radius 3 is 2.48 bits per heavy atom. The minimum Gasteiger partial charge on any atom is -0.468 e. The molecule has 3 rings (SSSR count). The van der Waals surface area contributed by atoms with Crippen LogP contribution in [0.2, 0.25) is 0 Å². The molecular weight excluding hydrogens is 388 g/mol. The number of rotatable bonds is 6. The van der Waals surface area contributed by atoms with Crippen molar-refractivity contribution >= 4 is 34.8 Å². The van der Waals surface area contributed by atoms with Crippen molar-refractivity contribution in [1.29, 1.82) is 0 Å². The SMILES string of the molecule is COC(=O)CNC(=O)Cc1ccc(NC(=O)c2cc3c(s2)CCCCCC3)cc1. The van der Waals surface area contributed by atoms with E-state index in [2.05, 4.69) is 15.4 Å². The number of benzene rings is 1. The van der Waals surface area contributed by atoms with Gasteiger partial charge in [0.2, 0.25) is 5.91 Å². The molecule has 6 nitrogen and oxygen atoms in total. The van der Waals surface area contributed by atoms with Crippen LogP contribution in [0.1, 0.15) is 51.4 Å². The Balaban J connectivity index is 1.55. The summed E-state index contributed by atoms with van der Waals surface area (Å²) in [6, 6.07) is 9.19. The van der Waals surface area contributed by atoms with Crippen LogP contribution >= 0.6 is 11.3 Å². The van der Waals surface area contributed by atoms with Crippen LogP contribution < -0.4 is 10.6 Å². The molecule has 0 unspecified atom stereocenters. The first-order chi connectivity index (χ1) is 14.0. The van der Waals surface area contributed by atoms with E-state index in [9.17, 15) is 14.4 Å². The summed E-state index contributed by atoms with van der Waals surface area (Å²) in [4.78, 5) is 37.6. The van der Waals surface area contributed by atoms with Gasteiger partial charge in [-0.2, -0.15) is 0 Å². The summed E-state index contributed by atoms with van der Waals surface area (Å²) in [5.74, 6) is -0.841. The maximum absolute atomic E-state index is 12.6. The van der Waals surface area contributed by atoms with Crippen molar-refractivity contribution in [1.82, 2.24) is 5.32 Å². The molecule has 2 N–H and O–H groups in total. The predicted octanol–water partition coefficient (Wildman–Crippen LogP) is 3.49. The number of anilines is 1. The molecule has 1 heterocycles. The highest BCUT2D eigenvalue weighted by molar-refractivity contribution is 7.14. The third kappa shape index (κ3) is 6.15. The molecule has 1 aromatic carbocycles. The van der Waals surface area contributed by atoms with Crippen molar-refractivity contribution in [3.63, 3.8) is 0 Å². The molecule has 1 aromatic heterocycles. The zero-order chi connectivity index (χ0) is 20.6. The monoisotopic (exact) mass is 414 g/mol. The standard InChI is InChI=1S/C22H26N2O4S/c1-28-21(26)14-23-20(25)12-15-8-10-17(11-9-15)24-22(27)19-13-16-6-4-2-3-5-7-18(16)29-19/h8-11,13H,2-7,12,14H2,1H3,(H,23,25)(H,24,27).